The van der Waals surface area contributed by atoms with Gasteiger partial charge < -0.3 is 20.0 Å². The van der Waals surface area contributed by atoms with E-state index >= 15 is 0 Å². The highest BCUT2D eigenvalue weighted by atomic mass is 16.5. The first-order chi connectivity index (χ1) is 10.7. The van der Waals surface area contributed by atoms with Gasteiger partial charge in [-0.25, -0.2) is 0 Å². The Morgan fingerprint density at radius 3 is 2.41 bits per heavy atom. The van der Waals surface area contributed by atoms with Crippen LogP contribution < -0.4 is 15.2 Å². The van der Waals surface area contributed by atoms with Crippen molar-refractivity contribution >= 4 is 11.9 Å². The molecule has 0 aromatic heterocycles. The molecule has 114 valence electrons. The van der Waals surface area contributed by atoms with Crippen LogP contribution in [0.15, 0.2) is 54.6 Å². The van der Waals surface area contributed by atoms with E-state index in [2.05, 4.69) is 5.32 Å². The number of carbonyl (C=O) groups is 2. The number of hydrogen-bond donors (Lipinski definition) is 1. The van der Waals surface area contributed by atoms with Crippen molar-refractivity contribution in [2.75, 3.05) is 13.2 Å². The lowest BCUT2D eigenvalue weighted by molar-refractivity contribution is -0.255. The van der Waals surface area contributed by atoms with Gasteiger partial charge in [0.1, 0.15) is 5.75 Å². The number of ether oxygens (including phenoxy) is 1. The van der Waals surface area contributed by atoms with Crippen molar-refractivity contribution in [3.05, 3.63) is 65.7 Å². The van der Waals surface area contributed by atoms with Crippen LogP contribution in [-0.4, -0.2) is 25.0 Å². The van der Waals surface area contributed by atoms with Crippen LogP contribution in [0.1, 0.15) is 15.9 Å². The fraction of sp³-hybridized carbons (Fsp3) is 0.176. The van der Waals surface area contributed by atoms with E-state index in [9.17, 15) is 14.7 Å². The number of nitrogens with one attached hydrogen (secondary N) is 1. The average Bonchev–Trinajstić information content (AvgIpc) is 2.54. The maximum atomic E-state index is 11.7. The molecule has 0 spiro atoms. The van der Waals surface area contributed by atoms with Gasteiger partial charge in [-0.2, -0.15) is 0 Å². The van der Waals surface area contributed by atoms with E-state index in [4.69, 9.17) is 4.74 Å². The second kappa shape index (κ2) is 7.83. The zero-order valence-electron chi connectivity index (χ0n) is 12.0. The molecule has 0 aliphatic rings. The quantitative estimate of drug-likeness (QED) is 0.819. The normalized spacial score (nSPS) is 10.0. The lowest BCUT2D eigenvalue weighted by Gasteiger charge is -2.12. The van der Waals surface area contributed by atoms with Gasteiger partial charge in [-0.05, 0) is 24.1 Å². The van der Waals surface area contributed by atoms with E-state index in [1.165, 1.54) is 12.1 Å². The van der Waals surface area contributed by atoms with Gasteiger partial charge in [0.25, 0.3) is 5.91 Å². The molecule has 22 heavy (non-hydrogen) atoms. The number of carboxylic acid groups (broad SMARTS) is 1. The molecule has 2 aromatic carbocycles. The molecule has 1 N–H and O–H groups in total. The summed E-state index contributed by atoms with van der Waals surface area (Å²) in [7, 11) is 0. The van der Waals surface area contributed by atoms with E-state index in [-0.39, 0.29) is 23.8 Å². The first-order valence-corrected chi connectivity index (χ1v) is 6.90. The molecular weight excluding hydrogens is 282 g/mol. The molecule has 0 saturated carbocycles. The zero-order chi connectivity index (χ0) is 15.8. The van der Waals surface area contributed by atoms with Crippen molar-refractivity contribution in [1.82, 2.24) is 5.32 Å². The van der Waals surface area contributed by atoms with E-state index in [0.717, 1.165) is 12.0 Å². The number of benzene rings is 2. The molecule has 1 amide bonds. The number of aromatic carboxylic acids is 1. The van der Waals surface area contributed by atoms with E-state index in [1.807, 2.05) is 30.3 Å². The first-order valence-electron chi connectivity index (χ1n) is 6.90. The molecule has 5 nitrogen and oxygen atoms in total. The molecule has 0 radical (unpaired) electrons. The summed E-state index contributed by atoms with van der Waals surface area (Å²) >= 11 is 0. The Bertz CT molecular complexity index is 640. The number of rotatable bonds is 7. The molecule has 2 aromatic rings. The average molecular weight is 298 g/mol. The summed E-state index contributed by atoms with van der Waals surface area (Å²) in [5.74, 6) is -1.51. The molecule has 0 saturated heterocycles. The number of carbonyl (C=O) groups excluding carboxylic acids is 2. The second-order valence-corrected chi connectivity index (χ2v) is 4.66. The molecule has 5 heteroatoms. The lowest BCUT2D eigenvalue weighted by atomic mass is 10.1. The summed E-state index contributed by atoms with van der Waals surface area (Å²) in [6.07, 6.45) is 0.724. The van der Waals surface area contributed by atoms with Crippen LogP contribution in [0.4, 0.5) is 0 Å². The van der Waals surface area contributed by atoms with E-state index in [0.29, 0.717) is 6.54 Å². The Morgan fingerprint density at radius 1 is 1.00 bits per heavy atom. The third kappa shape index (κ3) is 4.63. The monoisotopic (exact) mass is 298 g/mol. The maximum absolute atomic E-state index is 11.7. The van der Waals surface area contributed by atoms with Crippen LogP contribution >= 0.6 is 0 Å². The van der Waals surface area contributed by atoms with Gasteiger partial charge in [0.2, 0.25) is 0 Å². The standard InChI is InChI=1S/C17H17NO4/c19-16(18-11-10-13-6-2-1-3-7-13)12-22-15-9-5-4-8-14(15)17(20)21/h1-9H,10-12H2,(H,18,19)(H,20,21)/p-1. The van der Waals surface area contributed by atoms with Crippen LogP contribution in [-0.2, 0) is 11.2 Å². The van der Waals surface area contributed by atoms with Crippen molar-refractivity contribution in [3.63, 3.8) is 0 Å². The summed E-state index contributed by atoms with van der Waals surface area (Å²) in [6, 6.07) is 15.9. The van der Waals surface area contributed by atoms with Gasteiger partial charge in [0.15, 0.2) is 6.61 Å². The van der Waals surface area contributed by atoms with Crippen LogP contribution in [0.25, 0.3) is 0 Å². The van der Waals surface area contributed by atoms with E-state index in [1.54, 1.807) is 12.1 Å². The first kappa shape index (κ1) is 15.6. The number of amides is 1. The van der Waals surface area contributed by atoms with Gasteiger partial charge in [-0.3, -0.25) is 4.79 Å². The molecule has 0 aliphatic carbocycles. The van der Waals surface area contributed by atoms with Crippen molar-refractivity contribution < 1.29 is 19.4 Å². The second-order valence-electron chi connectivity index (χ2n) is 4.66. The summed E-state index contributed by atoms with van der Waals surface area (Å²) in [6.45, 7) is 0.257. The third-order valence-corrected chi connectivity index (χ3v) is 3.04. The van der Waals surface area contributed by atoms with Gasteiger partial charge in [0.05, 0.1) is 5.97 Å². The molecule has 0 aliphatic heterocycles. The maximum Gasteiger partial charge on any atom is 0.257 e. The van der Waals surface area contributed by atoms with Crippen LogP contribution in [0, 0.1) is 0 Å². The topological polar surface area (TPSA) is 78.5 Å². The minimum atomic E-state index is -1.33. The molecule has 2 rings (SSSR count). The Balaban J connectivity index is 1.77. The SMILES string of the molecule is O=C(COc1ccccc1C(=O)[O-])NCCc1ccccc1. The predicted octanol–water partition coefficient (Wildman–Crippen LogP) is 0.788. The van der Waals surface area contributed by atoms with Crippen molar-refractivity contribution in [1.29, 1.82) is 0 Å². The predicted molar refractivity (Wildman–Crippen MR) is 79.4 cm³/mol. The Hall–Kier alpha value is -2.82. The molecule has 0 bridgehead atoms. The van der Waals surface area contributed by atoms with Crippen LogP contribution in [0.3, 0.4) is 0 Å². The number of para-hydroxylation sites is 1. The molecule has 0 heterocycles. The molecule has 0 unspecified atom stereocenters. The van der Waals surface area contributed by atoms with Gasteiger partial charge >= 0.3 is 0 Å². The molecular formula is C17H16NO4-. The van der Waals surface area contributed by atoms with Crippen molar-refractivity contribution in [2.24, 2.45) is 0 Å². The minimum Gasteiger partial charge on any atom is -0.545 e. The zero-order valence-corrected chi connectivity index (χ0v) is 12.0. The highest BCUT2D eigenvalue weighted by Crippen LogP contribution is 2.16. The fourth-order valence-electron chi connectivity index (χ4n) is 1.95. The smallest absolute Gasteiger partial charge is 0.257 e. The Morgan fingerprint density at radius 2 is 1.68 bits per heavy atom. The van der Waals surface area contributed by atoms with Crippen molar-refractivity contribution in [2.45, 2.75) is 6.42 Å². The third-order valence-electron chi connectivity index (χ3n) is 3.04. The minimum absolute atomic E-state index is 0.0698. The highest BCUT2D eigenvalue weighted by molar-refractivity contribution is 5.89. The van der Waals surface area contributed by atoms with E-state index < -0.39 is 5.97 Å². The van der Waals surface area contributed by atoms with Crippen LogP contribution in [0.2, 0.25) is 0 Å². The summed E-state index contributed by atoms with van der Waals surface area (Å²) in [4.78, 5) is 22.6. The highest BCUT2D eigenvalue weighted by Gasteiger charge is 2.07. The summed E-state index contributed by atoms with van der Waals surface area (Å²) in [5.41, 5.74) is 1.06. The number of hydrogen-bond acceptors (Lipinski definition) is 4. The van der Waals surface area contributed by atoms with Gasteiger partial charge in [-0.15, -0.1) is 0 Å². The Labute approximate surface area is 128 Å². The molecule has 0 fully saturated rings. The summed E-state index contributed by atoms with van der Waals surface area (Å²) < 4.78 is 5.23. The Kier molecular flexibility index (Phi) is 5.54. The lowest BCUT2D eigenvalue weighted by Crippen LogP contribution is -2.31. The number of carboxylic acids is 1. The fourth-order valence-corrected chi connectivity index (χ4v) is 1.95. The molecule has 0 atom stereocenters. The van der Waals surface area contributed by atoms with Crippen LogP contribution in [0.5, 0.6) is 5.75 Å². The summed E-state index contributed by atoms with van der Waals surface area (Å²) in [5, 5.41) is 13.6. The van der Waals surface area contributed by atoms with Gasteiger partial charge in [0, 0.05) is 12.1 Å². The van der Waals surface area contributed by atoms with Gasteiger partial charge in [-0.1, -0.05) is 42.5 Å². The largest absolute Gasteiger partial charge is 0.545 e. The van der Waals surface area contributed by atoms with Crippen molar-refractivity contribution in [3.8, 4) is 5.75 Å².